The van der Waals surface area contributed by atoms with Crippen LogP contribution in [0.3, 0.4) is 0 Å². The van der Waals surface area contributed by atoms with Crippen molar-refractivity contribution >= 4 is 11.5 Å². The molecule has 0 saturated heterocycles. The molecule has 0 aliphatic heterocycles. The predicted octanol–water partition coefficient (Wildman–Crippen LogP) is 2.95. The summed E-state index contributed by atoms with van der Waals surface area (Å²) in [4.78, 5) is 0. The summed E-state index contributed by atoms with van der Waals surface area (Å²) in [7, 11) is 0. The van der Waals surface area contributed by atoms with E-state index in [-0.39, 0.29) is 0 Å². The van der Waals surface area contributed by atoms with Gasteiger partial charge in [0.1, 0.15) is 0 Å². The Bertz CT molecular complexity index is 529. The molecule has 19 heavy (non-hydrogen) atoms. The average Bonchev–Trinajstić information content (AvgIpc) is 2.40. The third kappa shape index (κ3) is 2.74. The van der Waals surface area contributed by atoms with E-state index in [0.29, 0.717) is 12.5 Å². The van der Waals surface area contributed by atoms with E-state index in [1.165, 1.54) is 19.3 Å². The van der Waals surface area contributed by atoms with Crippen molar-refractivity contribution in [1.82, 2.24) is 10.2 Å². The lowest BCUT2D eigenvalue weighted by Gasteiger charge is -2.24. The number of hydrogen-bond acceptors (Lipinski definition) is 4. The summed E-state index contributed by atoms with van der Waals surface area (Å²) in [6.07, 6.45) is 3.82. The fourth-order valence-corrected chi connectivity index (χ4v) is 2.20. The van der Waals surface area contributed by atoms with Crippen molar-refractivity contribution in [2.24, 2.45) is 5.73 Å². The van der Waals surface area contributed by atoms with E-state index in [9.17, 15) is 0 Å². The van der Waals surface area contributed by atoms with Gasteiger partial charge in [-0.05, 0) is 42.7 Å². The molecule has 98 valence electrons. The lowest BCUT2D eigenvalue weighted by Crippen LogP contribution is -2.11. The van der Waals surface area contributed by atoms with Crippen molar-refractivity contribution in [3.63, 3.8) is 0 Å². The Morgan fingerprint density at radius 2 is 1.84 bits per heavy atom. The quantitative estimate of drug-likeness (QED) is 0.880. The Morgan fingerprint density at radius 1 is 1.05 bits per heavy atom. The lowest BCUT2D eigenvalue weighted by molar-refractivity contribution is 0.408. The van der Waals surface area contributed by atoms with Crippen molar-refractivity contribution in [2.75, 3.05) is 5.32 Å². The molecule has 4 nitrogen and oxygen atoms in total. The van der Waals surface area contributed by atoms with Crippen molar-refractivity contribution in [3.8, 4) is 0 Å². The molecule has 0 radical (unpaired) electrons. The molecular formula is C15H18N4. The Kier molecular flexibility index (Phi) is 3.42. The van der Waals surface area contributed by atoms with Gasteiger partial charge < -0.3 is 11.1 Å². The molecule has 2 aromatic rings. The minimum Gasteiger partial charge on any atom is -0.339 e. The molecule has 1 saturated carbocycles. The van der Waals surface area contributed by atoms with Gasteiger partial charge in [0.2, 0.25) is 0 Å². The monoisotopic (exact) mass is 254 g/mol. The first-order valence-electron chi connectivity index (χ1n) is 6.75. The predicted molar refractivity (Wildman–Crippen MR) is 76.2 cm³/mol. The largest absolute Gasteiger partial charge is 0.339 e. The van der Waals surface area contributed by atoms with E-state index in [0.717, 1.165) is 22.8 Å². The maximum absolute atomic E-state index is 5.57. The maximum atomic E-state index is 5.57. The van der Waals surface area contributed by atoms with Crippen LogP contribution in [0.2, 0.25) is 0 Å². The molecule has 0 unspecified atom stereocenters. The van der Waals surface area contributed by atoms with Gasteiger partial charge in [-0.3, -0.25) is 0 Å². The summed E-state index contributed by atoms with van der Waals surface area (Å²) in [6.45, 7) is 0.566. The first-order valence-corrected chi connectivity index (χ1v) is 6.75. The van der Waals surface area contributed by atoms with Crippen LogP contribution in [0.4, 0.5) is 11.5 Å². The fraction of sp³-hybridized carbons (Fsp3) is 0.333. The van der Waals surface area contributed by atoms with Crippen molar-refractivity contribution in [2.45, 2.75) is 31.7 Å². The SMILES string of the molecule is NCc1ccc(Nc2ccc(C3CCC3)nn2)cc1. The number of nitrogens with two attached hydrogens (primary N) is 1. The Balaban J connectivity index is 1.68. The third-order valence-corrected chi connectivity index (χ3v) is 3.67. The van der Waals surface area contributed by atoms with Crippen molar-refractivity contribution in [3.05, 3.63) is 47.7 Å². The molecular weight excluding hydrogens is 236 g/mol. The molecule has 1 aromatic heterocycles. The van der Waals surface area contributed by atoms with E-state index in [1.807, 2.05) is 30.3 Å². The number of anilines is 2. The molecule has 1 fully saturated rings. The van der Waals surface area contributed by atoms with Crippen LogP contribution >= 0.6 is 0 Å². The van der Waals surface area contributed by atoms with E-state index in [1.54, 1.807) is 0 Å². The Hall–Kier alpha value is -1.94. The maximum Gasteiger partial charge on any atom is 0.153 e. The summed E-state index contributed by atoms with van der Waals surface area (Å²) < 4.78 is 0. The number of nitrogens with zero attached hydrogens (tertiary/aromatic N) is 2. The molecule has 0 spiro atoms. The highest BCUT2D eigenvalue weighted by molar-refractivity contribution is 5.55. The molecule has 1 aromatic carbocycles. The third-order valence-electron chi connectivity index (χ3n) is 3.67. The Morgan fingerprint density at radius 3 is 2.37 bits per heavy atom. The molecule has 3 rings (SSSR count). The van der Waals surface area contributed by atoms with Gasteiger partial charge in [-0.1, -0.05) is 18.6 Å². The van der Waals surface area contributed by atoms with Crippen LogP contribution < -0.4 is 11.1 Å². The van der Waals surface area contributed by atoms with Gasteiger partial charge >= 0.3 is 0 Å². The topological polar surface area (TPSA) is 63.8 Å². The molecule has 1 aliphatic rings. The summed E-state index contributed by atoms with van der Waals surface area (Å²) in [5.74, 6) is 1.41. The highest BCUT2D eigenvalue weighted by Gasteiger charge is 2.20. The summed E-state index contributed by atoms with van der Waals surface area (Å²) >= 11 is 0. The van der Waals surface area contributed by atoms with E-state index in [2.05, 4.69) is 21.6 Å². The zero-order chi connectivity index (χ0) is 13.1. The molecule has 0 amide bonds. The second-order valence-corrected chi connectivity index (χ2v) is 5.00. The molecule has 0 atom stereocenters. The fourth-order valence-electron chi connectivity index (χ4n) is 2.20. The minimum absolute atomic E-state index is 0.566. The summed E-state index contributed by atoms with van der Waals surface area (Å²) in [6, 6.07) is 12.1. The van der Waals surface area contributed by atoms with Crippen molar-refractivity contribution in [1.29, 1.82) is 0 Å². The summed E-state index contributed by atoms with van der Waals surface area (Å²) in [5.41, 5.74) is 8.82. The van der Waals surface area contributed by atoms with Crippen LogP contribution in [0.15, 0.2) is 36.4 Å². The van der Waals surface area contributed by atoms with Gasteiger partial charge in [0, 0.05) is 18.2 Å². The highest BCUT2D eigenvalue weighted by atomic mass is 15.2. The second kappa shape index (κ2) is 5.36. The molecule has 4 heteroatoms. The van der Waals surface area contributed by atoms with Gasteiger partial charge in [0.05, 0.1) is 5.69 Å². The van der Waals surface area contributed by atoms with Crippen LogP contribution in [-0.4, -0.2) is 10.2 Å². The van der Waals surface area contributed by atoms with Crippen LogP contribution in [0.25, 0.3) is 0 Å². The number of nitrogens with one attached hydrogen (secondary N) is 1. The van der Waals surface area contributed by atoms with Crippen LogP contribution in [0, 0.1) is 0 Å². The van der Waals surface area contributed by atoms with E-state index < -0.39 is 0 Å². The summed E-state index contributed by atoms with van der Waals surface area (Å²) in [5, 5.41) is 11.8. The van der Waals surface area contributed by atoms with Crippen molar-refractivity contribution < 1.29 is 0 Å². The molecule has 1 aliphatic carbocycles. The first kappa shape index (κ1) is 12.1. The molecule has 1 heterocycles. The second-order valence-electron chi connectivity index (χ2n) is 5.00. The van der Waals surface area contributed by atoms with Crippen LogP contribution in [0.1, 0.15) is 36.4 Å². The van der Waals surface area contributed by atoms with Gasteiger partial charge in [0.25, 0.3) is 0 Å². The van der Waals surface area contributed by atoms with Gasteiger partial charge in [-0.25, -0.2) is 0 Å². The number of aromatic nitrogens is 2. The lowest BCUT2D eigenvalue weighted by atomic mass is 9.83. The molecule has 0 bridgehead atoms. The van der Waals surface area contributed by atoms with Gasteiger partial charge in [-0.15, -0.1) is 5.10 Å². The van der Waals surface area contributed by atoms with E-state index >= 15 is 0 Å². The molecule has 3 N–H and O–H groups in total. The van der Waals surface area contributed by atoms with E-state index in [4.69, 9.17) is 5.73 Å². The Labute approximate surface area is 113 Å². The zero-order valence-electron chi connectivity index (χ0n) is 10.8. The zero-order valence-corrected chi connectivity index (χ0v) is 10.8. The van der Waals surface area contributed by atoms with Gasteiger partial charge in [0.15, 0.2) is 5.82 Å². The number of benzene rings is 1. The highest BCUT2D eigenvalue weighted by Crippen LogP contribution is 2.35. The number of rotatable bonds is 4. The smallest absolute Gasteiger partial charge is 0.153 e. The van der Waals surface area contributed by atoms with Crippen LogP contribution in [0.5, 0.6) is 0 Å². The average molecular weight is 254 g/mol. The number of hydrogen-bond donors (Lipinski definition) is 2. The van der Waals surface area contributed by atoms with Crippen LogP contribution in [-0.2, 0) is 6.54 Å². The standard InChI is InChI=1S/C15H18N4/c16-10-11-4-6-13(7-5-11)17-15-9-8-14(18-19-15)12-2-1-3-12/h4-9,12H,1-3,10,16H2,(H,17,19). The first-order chi connectivity index (χ1) is 9.35. The minimum atomic E-state index is 0.566. The normalized spacial score (nSPS) is 15.0. The van der Waals surface area contributed by atoms with Gasteiger partial charge in [-0.2, -0.15) is 5.10 Å².